The Morgan fingerprint density at radius 2 is 2.09 bits per heavy atom. The number of nitrogens with one attached hydrogen (secondary N) is 1. The predicted molar refractivity (Wildman–Crippen MR) is 90.0 cm³/mol. The Hall–Kier alpha value is -1.72. The molecule has 2 N–H and O–H groups in total. The smallest absolute Gasteiger partial charge is 0.263 e. The summed E-state index contributed by atoms with van der Waals surface area (Å²) in [5.74, 6) is 0.249. The second-order valence-electron chi connectivity index (χ2n) is 5.27. The first-order valence-corrected chi connectivity index (χ1v) is 8.46. The molecule has 118 valence electrons. The van der Waals surface area contributed by atoms with E-state index in [0.717, 1.165) is 29.8 Å². The van der Waals surface area contributed by atoms with E-state index in [1.54, 1.807) is 6.20 Å². The summed E-state index contributed by atoms with van der Waals surface area (Å²) in [5, 5.41) is 12.9. The van der Waals surface area contributed by atoms with E-state index in [1.807, 2.05) is 30.3 Å². The van der Waals surface area contributed by atoms with Gasteiger partial charge in [-0.15, -0.1) is 11.3 Å². The van der Waals surface area contributed by atoms with Crippen LogP contribution in [0.3, 0.4) is 0 Å². The number of aromatic nitrogens is 1. The molecule has 4 nitrogen and oxygen atoms in total. The van der Waals surface area contributed by atoms with Crippen molar-refractivity contribution in [1.82, 2.24) is 10.3 Å². The number of hydrogen-bond donors (Lipinski definition) is 2. The van der Waals surface area contributed by atoms with Crippen LogP contribution in [0, 0.1) is 5.92 Å². The van der Waals surface area contributed by atoms with Gasteiger partial charge >= 0.3 is 0 Å². The highest BCUT2D eigenvalue weighted by Gasteiger charge is 2.14. The molecule has 1 heterocycles. The highest BCUT2D eigenvalue weighted by Crippen LogP contribution is 2.24. The van der Waals surface area contributed by atoms with E-state index in [0.29, 0.717) is 17.3 Å². The van der Waals surface area contributed by atoms with Crippen molar-refractivity contribution in [3.63, 3.8) is 0 Å². The van der Waals surface area contributed by atoms with Gasteiger partial charge < -0.3 is 10.4 Å². The Labute approximate surface area is 135 Å². The van der Waals surface area contributed by atoms with Crippen LogP contribution in [0.25, 0.3) is 10.6 Å². The van der Waals surface area contributed by atoms with Gasteiger partial charge in [-0.1, -0.05) is 43.7 Å². The normalized spacial score (nSPS) is 12.1. The van der Waals surface area contributed by atoms with Crippen LogP contribution in [0.2, 0.25) is 0 Å². The van der Waals surface area contributed by atoms with Crippen molar-refractivity contribution >= 4 is 17.2 Å². The average Bonchev–Trinajstić information content (AvgIpc) is 3.04. The minimum Gasteiger partial charge on any atom is -0.396 e. The zero-order valence-corrected chi connectivity index (χ0v) is 13.6. The monoisotopic (exact) mass is 318 g/mol. The number of aliphatic hydroxyl groups excluding tert-OH is 1. The van der Waals surface area contributed by atoms with Gasteiger partial charge in [-0.05, 0) is 18.8 Å². The van der Waals surface area contributed by atoms with Crippen LogP contribution in [-0.2, 0) is 0 Å². The number of carbonyl (C=O) groups is 1. The molecule has 0 spiro atoms. The van der Waals surface area contributed by atoms with Gasteiger partial charge in [-0.25, -0.2) is 4.98 Å². The van der Waals surface area contributed by atoms with Crippen molar-refractivity contribution in [2.24, 2.45) is 5.92 Å². The first kappa shape index (κ1) is 16.6. The maximum Gasteiger partial charge on any atom is 0.263 e. The summed E-state index contributed by atoms with van der Waals surface area (Å²) in [7, 11) is 0. The molecule has 5 heteroatoms. The standard InChI is InChI=1S/C17H22N2O2S/c1-2-6-13(9-10-20)11-18-16(21)15-12-19-17(22-15)14-7-4-3-5-8-14/h3-5,7-8,12-13,20H,2,6,9-11H2,1H3,(H,18,21). The summed E-state index contributed by atoms with van der Waals surface area (Å²) in [6, 6.07) is 9.85. The van der Waals surface area contributed by atoms with Gasteiger partial charge in [0.05, 0.1) is 6.20 Å². The highest BCUT2D eigenvalue weighted by atomic mass is 32.1. The molecule has 0 aliphatic carbocycles. The zero-order valence-electron chi connectivity index (χ0n) is 12.8. The summed E-state index contributed by atoms with van der Waals surface area (Å²) in [4.78, 5) is 17.1. The molecule has 0 fully saturated rings. The molecule has 1 amide bonds. The fourth-order valence-electron chi connectivity index (χ4n) is 2.36. The fourth-order valence-corrected chi connectivity index (χ4v) is 3.19. The molecule has 1 atom stereocenters. The average molecular weight is 318 g/mol. The number of carbonyl (C=O) groups excluding carboxylic acids is 1. The minimum atomic E-state index is -0.0845. The Morgan fingerprint density at radius 3 is 2.77 bits per heavy atom. The summed E-state index contributed by atoms with van der Waals surface area (Å²) in [5.41, 5.74) is 1.02. The van der Waals surface area contributed by atoms with Crippen LogP contribution in [0.4, 0.5) is 0 Å². The van der Waals surface area contributed by atoms with E-state index in [1.165, 1.54) is 11.3 Å². The molecule has 2 aromatic rings. The van der Waals surface area contributed by atoms with E-state index in [9.17, 15) is 4.79 Å². The summed E-state index contributed by atoms with van der Waals surface area (Å²) in [6.45, 7) is 2.88. The van der Waals surface area contributed by atoms with Crippen molar-refractivity contribution in [3.8, 4) is 10.6 Å². The Morgan fingerprint density at radius 1 is 1.32 bits per heavy atom. The van der Waals surface area contributed by atoms with Crippen molar-refractivity contribution in [1.29, 1.82) is 0 Å². The predicted octanol–water partition coefficient (Wildman–Crippen LogP) is 3.34. The first-order chi connectivity index (χ1) is 10.7. The highest BCUT2D eigenvalue weighted by molar-refractivity contribution is 7.16. The van der Waals surface area contributed by atoms with Crippen LogP contribution >= 0.6 is 11.3 Å². The van der Waals surface area contributed by atoms with Gasteiger partial charge in [0.1, 0.15) is 9.88 Å². The molecule has 0 radical (unpaired) electrons. The quantitative estimate of drug-likeness (QED) is 0.784. The minimum absolute atomic E-state index is 0.0845. The van der Waals surface area contributed by atoms with E-state index >= 15 is 0 Å². The van der Waals surface area contributed by atoms with Crippen LogP contribution in [0.15, 0.2) is 36.5 Å². The van der Waals surface area contributed by atoms with Gasteiger partial charge in [-0.2, -0.15) is 0 Å². The lowest BCUT2D eigenvalue weighted by molar-refractivity contribution is 0.0946. The maximum absolute atomic E-state index is 12.2. The van der Waals surface area contributed by atoms with E-state index in [4.69, 9.17) is 5.11 Å². The number of rotatable bonds is 8. The van der Waals surface area contributed by atoms with Crippen LogP contribution < -0.4 is 5.32 Å². The van der Waals surface area contributed by atoms with Gasteiger partial charge in [0.15, 0.2) is 0 Å². The molecule has 2 rings (SSSR count). The largest absolute Gasteiger partial charge is 0.396 e. The maximum atomic E-state index is 12.2. The molecule has 1 unspecified atom stereocenters. The molecule has 0 aliphatic heterocycles. The van der Waals surface area contributed by atoms with Crippen molar-refractivity contribution in [2.75, 3.05) is 13.2 Å². The summed E-state index contributed by atoms with van der Waals surface area (Å²) < 4.78 is 0. The molecular weight excluding hydrogens is 296 g/mol. The number of thiazole rings is 1. The van der Waals surface area contributed by atoms with Crippen molar-refractivity contribution in [2.45, 2.75) is 26.2 Å². The van der Waals surface area contributed by atoms with Crippen LogP contribution in [-0.4, -0.2) is 29.1 Å². The van der Waals surface area contributed by atoms with E-state index in [2.05, 4.69) is 17.2 Å². The zero-order chi connectivity index (χ0) is 15.8. The third-order valence-corrected chi connectivity index (χ3v) is 4.58. The third kappa shape index (κ3) is 4.64. The SMILES string of the molecule is CCCC(CCO)CNC(=O)c1cnc(-c2ccccc2)s1. The Balaban J connectivity index is 1.94. The van der Waals surface area contributed by atoms with E-state index in [-0.39, 0.29) is 12.5 Å². The molecule has 0 saturated carbocycles. The lowest BCUT2D eigenvalue weighted by atomic mass is 10.0. The molecular formula is C17H22N2O2S. The van der Waals surface area contributed by atoms with Crippen LogP contribution in [0.1, 0.15) is 35.9 Å². The van der Waals surface area contributed by atoms with Gasteiger partial charge in [0.2, 0.25) is 0 Å². The van der Waals surface area contributed by atoms with Gasteiger partial charge in [0, 0.05) is 18.7 Å². The molecule has 0 bridgehead atoms. The molecule has 1 aromatic carbocycles. The Kier molecular flexibility index (Phi) is 6.55. The van der Waals surface area contributed by atoms with Crippen LogP contribution in [0.5, 0.6) is 0 Å². The third-order valence-electron chi connectivity index (χ3n) is 3.54. The summed E-state index contributed by atoms with van der Waals surface area (Å²) >= 11 is 1.40. The van der Waals surface area contributed by atoms with Gasteiger partial charge in [0.25, 0.3) is 5.91 Å². The molecule has 0 saturated heterocycles. The number of benzene rings is 1. The second-order valence-corrected chi connectivity index (χ2v) is 6.30. The number of amides is 1. The molecule has 1 aromatic heterocycles. The fraction of sp³-hybridized carbons (Fsp3) is 0.412. The van der Waals surface area contributed by atoms with E-state index < -0.39 is 0 Å². The van der Waals surface area contributed by atoms with Crippen molar-refractivity contribution < 1.29 is 9.90 Å². The molecule has 22 heavy (non-hydrogen) atoms. The number of nitrogens with zero attached hydrogens (tertiary/aromatic N) is 1. The summed E-state index contributed by atoms with van der Waals surface area (Å²) in [6.07, 6.45) is 4.42. The van der Waals surface area contributed by atoms with Gasteiger partial charge in [-0.3, -0.25) is 4.79 Å². The first-order valence-electron chi connectivity index (χ1n) is 7.65. The lowest BCUT2D eigenvalue weighted by Crippen LogP contribution is -2.29. The second kappa shape index (κ2) is 8.66. The number of aliphatic hydroxyl groups is 1. The topological polar surface area (TPSA) is 62.2 Å². The lowest BCUT2D eigenvalue weighted by Gasteiger charge is -2.15. The Bertz CT molecular complexity index is 577. The van der Waals surface area contributed by atoms with Crippen molar-refractivity contribution in [3.05, 3.63) is 41.4 Å². The number of hydrogen-bond acceptors (Lipinski definition) is 4. The molecule has 0 aliphatic rings.